The normalized spacial score (nSPS) is 11.9. The molecule has 1 N–H and O–H groups in total. The highest BCUT2D eigenvalue weighted by Gasteiger charge is 2.19. The van der Waals surface area contributed by atoms with Gasteiger partial charge < -0.3 is 19.3 Å². The Balaban J connectivity index is 2.50. The fourth-order valence-corrected chi connectivity index (χ4v) is 2.35. The largest absolute Gasteiger partial charge is 0.496 e. The first kappa shape index (κ1) is 15.2. The molecule has 0 heterocycles. The molecular formula is C17H20O4. The van der Waals surface area contributed by atoms with Crippen molar-refractivity contribution < 1.29 is 19.3 Å². The maximum atomic E-state index is 10.7. The minimum absolute atomic E-state index is 0.590. The van der Waals surface area contributed by atoms with Gasteiger partial charge in [0.2, 0.25) is 0 Å². The molecule has 0 aliphatic carbocycles. The van der Waals surface area contributed by atoms with Crippen molar-refractivity contribution in [1.82, 2.24) is 0 Å². The highest BCUT2D eigenvalue weighted by molar-refractivity contribution is 5.51. The number of aliphatic hydroxyl groups is 1. The van der Waals surface area contributed by atoms with Crippen molar-refractivity contribution >= 4 is 0 Å². The smallest absolute Gasteiger partial charge is 0.161 e. The summed E-state index contributed by atoms with van der Waals surface area (Å²) in [6, 6.07) is 11.1. The first-order valence-electron chi connectivity index (χ1n) is 6.65. The number of hydrogen-bond donors (Lipinski definition) is 1. The molecule has 112 valence electrons. The van der Waals surface area contributed by atoms with Crippen LogP contribution in [-0.4, -0.2) is 26.4 Å². The van der Waals surface area contributed by atoms with Crippen molar-refractivity contribution in [2.24, 2.45) is 0 Å². The van der Waals surface area contributed by atoms with E-state index in [2.05, 4.69) is 0 Å². The highest BCUT2D eigenvalue weighted by Crippen LogP contribution is 2.37. The van der Waals surface area contributed by atoms with E-state index in [1.165, 1.54) is 0 Å². The van der Waals surface area contributed by atoms with Crippen LogP contribution in [0.3, 0.4) is 0 Å². The standard InChI is InChI=1S/C17H20O4/c1-11-9-15(20-3)16(21-4)10-13(11)17(18)12-7-5-6-8-14(12)19-2/h5-10,17-18H,1-4H3. The summed E-state index contributed by atoms with van der Waals surface area (Å²) in [5, 5.41) is 10.7. The van der Waals surface area contributed by atoms with Crippen LogP contribution in [0.4, 0.5) is 0 Å². The molecule has 0 saturated heterocycles. The summed E-state index contributed by atoms with van der Waals surface area (Å²) in [6.45, 7) is 1.93. The van der Waals surface area contributed by atoms with Crippen LogP contribution in [-0.2, 0) is 0 Å². The lowest BCUT2D eigenvalue weighted by molar-refractivity contribution is 0.213. The summed E-state index contributed by atoms with van der Waals surface area (Å²) in [6.07, 6.45) is -0.791. The lowest BCUT2D eigenvalue weighted by atomic mass is 9.96. The third-order valence-electron chi connectivity index (χ3n) is 3.50. The van der Waals surface area contributed by atoms with Crippen molar-refractivity contribution in [3.63, 3.8) is 0 Å². The summed E-state index contributed by atoms with van der Waals surface area (Å²) < 4.78 is 15.9. The van der Waals surface area contributed by atoms with Gasteiger partial charge in [-0.15, -0.1) is 0 Å². The van der Waals surface area contributed by atoms with E-state index in [9.17, 15) is 5.11 Å². The fraction of sp³-hybridized carbons (Fsp3) is 0.294. The van der Waals surface area contributed by atoms with Crippen LogP contribution < -0.4 is 14.2 Å². The Morgan fingerprint density at radius 3 is 2.00 bits per heavy atom. The van der Waals surface area contributed by atoms with Gasteiger partial charge in [0, 0.05) is 5.56 Å². The predicted molar refractivity (Wildman–Crippen MR) is 81.3 cm³/mol. The van der Waals surface area contributed by atoms with Crippen LogP contribution in [0.5, 0.6) is 17.2 Å². The first-order valence-corrected chi connectivity index (χ1v) is 6.65. The Hall–Kier alpha value is -2.20. The van der Waals surface area contributed by atoms with Crippen LogP contribution in [0, 0.1) is 6.92 Å². The van der Waals surface area contributed by atoms with Gasteiger partial charge in [0.15, 0.2) is 11.5 Å². The SMILES string of the molecule is COc1cc(C)c(C(O)c2ccccc2OC)cc1OC. The zero-order valence-electron chi connectivity index (χ0n) is 12.7. The van der Waals surface area contributed by atoms with Gasteiger partial charge in [0.05, 0.1) is 21.3 Å². The number of benzene rings is 2. The summed E-state index contributed by atoms with van der Waals surface area (Å²) in [5.74, 6) is 1.89. The second-order valence-corrected chi connectivity index (χ2v) is 4.71. The Kier molecular flexibility index (Phi) is 4.70. The molecule has 0 fully saturated rings. The van der Waals surface area contributed by atoms with Gasteiger partial charge in [-0.2, -0.15) is 0 Å². The van der Waals surface area contributed by atoms with Crippen molar-refractivity contribution in [2.75, 3.05) is 21.3 Å². The summed E-state index contributed by atoms with van der Waals surface area (Å²) >= 11 is 0. The van der Waals surface area contributed by atoms with E-state index >= 15 is 0 Å². The van der Waals surface area contributed by atoms with Gasteiger partial charge in [-0.1, -0.05) is 18.2 Å². The van der Waals surface area contributed by atoms with Gasteiger partial charge in [0.25, 0.3) is 0 Å². The van der Waals surface area contributed by atoms with E-state index in [1.807, 2.05) is 37.3 Å². The van der Waals surface area contributed by atoms with Crippen LogP contribution in [0.2, 0.25) is 0 Å². The molecule has 0 amide bonds. The van der Waals surface area contributed by atoms with Gasteiger partial charge in [-0.3, -0.25) is 0 Å². The van der Waals surface area contributed by atoms with Crippen LogP contribution in [0.15, 0.2) is 36.4 Å². The third kappa shape index (κ3) is 2.95. The maximum absolute atomic E-state index is 10.7. The molecule has 0 aliphatic heterocycles. The Labute approximate surface area is 124 Å². The lowest BCUT2D eigenvalue weighted by Crippen LogP contribution is -2.05. The minimum Gasteiger partial charge on any atom is -0.496 e. The molecule has 0 spiro atoms. The zero-order valence-corrected chi connectivity index (χ0v) is 12.7. The van der Waals surface area contributed by atoms with E-state index in [0.717, 1.165) is 16.7 Å². The van der Waals surface area contributed by atoms with Crippen LogP contribution in [0.1, 0.15) is 22.8 Å². The Morgan fingerprint density at radius 2 is 1.38 bits per heavy atom. The van der Waals surface area contributed by atoms with E-state index in [0.29, 0.717) is 17.2 Å². The van der Waals surface area contributed by atoms with Crippen molar-refractivity contribution in [3.05, 3.63) is 53.1 Å². The first-order chi connectivity index (χ1) is 10.1. The molecule has 2 rings (SSSR count). The molecule has 2 aromatic rings. The quantitative estimate of drug-likeness (QED) is 0.918. The molecule has 4 nitrogen and oxygen atoms in total. The lowest BCUT2D eigenvalue weighted by Gasteiger charge is -2.19. The number of aryl methyl sites for hydroxylation is 1. The number of ether oxygens (including phenoxy) is 3. The van der Waals surface area contributed by atoms with Gasteiger partial charge >= 0.3 is 0 Å². The minimum atomic E-state index is -0.791. The topological polar surface area (TPSA) is 47.9 Å². The summed E-state index contributed by atoms with van der Waals surface area (Å²) in [5.41, 5.74) is 2.40. The van der Waals surface area contributed by atoms with Crippen LogP contribution in [0.25, 0.3) is 0 Å². The summed E-state index contributed by atoms with van der Waals surface area (Å²) in [4.78, 5) is 0. The molecule has 1 unspecified atom stereocenters. The molecule has 0 saturated carbocycles. The molecule has 1 atom stereocenters. The van der Waals surface area contributed by atoms with Gasteiger partial charge in [0.1, 0.15) is 11.9 Å². The van der Waals surface area contributed by atoms with Crippen LogP contribution >= 0.6 is 0 Å². The third-order valence-corrected chi connectivity index (χ3v) is 3.50. The zero-order chi connectivity index (χ0) is 15.4. The average molecular weight is 288 g/mol. The highest BCUT2D eigenvalue weighted by atomic mass is 16.5. The molecule has 0 aliphatic rings. The van der Waals surface area contributed by atoms with E-state index in [1.54, 1.807) is 27.4 Å². The monoisotopic (exact) mass is 288 g/mol. The van der Waals surface area contributed by atoms with Crippen molar-refractivity contribution in [1.29, 1.82) is 0 Å². The fourth-order valence-electron chi connectivity index (χ4n) is 2.35. The molecular weight excluding hydrogens is 268 g/mol. The number of para-hydroxylation sites is 1. The number of methoxy groups -OCH3 is 3. The van der Waals surface area contributed by atoms with Gasteiger partial charge in [-0.25, -0.2) is 0 Å². The molecule has 0 radical (unpaired) electrons. The molecule has 21 heavy (non-hydrogen) atoms. The maximum Gasteiger partial charge on any atom is 0.161 e. The molecule has 0 bridgehead atoms. The molecule has 2 aromatic carbocycles. The van der Waals surface area contributed by atoms with E-state index in [4.69, 9.17) is 14.2 Å². The molecule has 4 heteroatoms. The van der Waals surface area contributed by atoms with Crippen molar-refractivity contribution in [3.8, 4) is 17.2 Å². The van der Waals surface area contributed by atoms with E-state index < -0.39 is 6.10 Å². The second kappa shape index (κ2) is 6.50. The average Bonchev–Trinajstić information content (AvgIpc) is 2.53. The summed E-state index contributed by atoms with van der Waals surface area (Å²) in [7, 11) is 4.76. The van der Waals surface area contributed by atoms with Gasteiger partial charge in [-0.05, 0) is 36.2 Å². The van der Waals surface area contributed by atoms with Crippen molar-refractivity contribution in [2.45, 2.75) is 13.0 Å². The van der Waals surface area contributed by atoms with E-state index in [-0.39, 0.29) is 0 Å². The number of hydrogen-bond acceptors (Lipinski definition) is 4. The number of rotatable bonds is 5. The Morgan fingerprint density at radius 1 is 0.810 bits per heavy atom. The molecule has 0 aromatic heterocycles. The predicted octanol–water partition coefficient (Wildman–Crippen LogP) is 3.10. The Bertz CT molecular complexity index is 622. The number of aliphatic hydroxyl groups excluding tert-OH is 1. The second-order valence-electron chi connectivity index (χ2n) is 4.71.